The highest BCUT2D eigenvalue weighted by Gasteiger charge is 2.05. The molecule has 0 unspecified atom stereocenters. The van der Waals surface area contributed by atoms with Gasteiger partial charge in [0.25, 0.3) is 0 Å². The third-order valence-corrected chi connectivity index (χ3v) is 4.60. The Hall–Kier alpha value is -1.92. The van der Waals surface area contributed by atoms with Gasteiger partial charge in [-0.15, -0.1) is 0 Å². The quantitative estimate of drug-likeness (QED) is 0.522. The van der Waals surface area contributed by atoms with E-state index in [1.165, 1.54) is 0 Å². The number of hydrogen-bond donors (Lipinski definition) is 2. The van der Waals surface area contributed by atoms with Gasteiger partial charge in [-0.1, -0.05) is 33.6 Å². The summed E-state index contributed by atoms with van der Waals surface area (Å²) in [5.74, 6) is 1.76. The first-order valence-electron chi connectivity index (χ1n) is 7.72. The maximum Gasteiger partial charge on any atom is 0.188 e. The molecule has 2 aromatic rings. The van der Waals surface area contributed by atoms with Crippen molar-refractivity contribution in [2.45, 2.75) is 13.0 Å². The molecule has 0 amide bonds. The van der Waals surface area contributed by atoms with Gasteiger partial charge < -0.3 is 20.5 Å². The zero-order valence-electron chi connectivity index (χ0n) is 14.2. The van der Waals surface area contributed by atoms with Crippen LogP contribution in [0.1, 0.15) is 11.1 Å². The second kappa shape index (κ2) is 9.53. The van der Waals surface area contributed by atoms with Crippen LogP contribution in [0.15, 0.2) is 45.9 Å². The molecule has 7 heteroatoms. The number of rotatable bonds is 7. The van der Waals surface area contributed by atoms with Crippen molar-refractivity contribution in [1.82, 2.24) is 5.32 Å². The fourth-order valence-corrected chi connectivity index (χ4v) is 2.91. The van der Waals surface area contributed by atoms with Crippen molar-refractivity contribution in [3.8, 4) is 11.5 Å². The van der Waals surface area contributed by atoms with E-state index in [9.17, 15) is 0 Å². The number of hydrogen-bond acceptors (Lipinski definition) is 3. The normalized spacial score (nSPS) is 11.3. The average Bonchev–Trinajstić information content (AvgIpc) is 2.62. The molecule has 0 bridgehead atoms. The minimum atomic E-state index is 0.396. The monoisotopic (exact) mass is 425 g/mol. The van der Waals surface area contributed by atoms with Crippen molar-refractivity contribution in [3.05, 3.63) is 57.0 Å². The largest absolute Gasteiger partial charge is 0.493 e. The molecule has 0 aliphatic rings. The fourth-order valence-electron chi connectivity index (χ4n) is 2.27. The topological polar surface area (TPSA) is 68.9 Å². The molecule has 0 fully saturated rings. The van der Waals surface area contributed by atoms with Crippen molar-refractivity contribution in [3.63, 3.8) is 0 Å². The van der Waals surface area contributed by atoms with Gasteiger partial charge >= 0.3 is 0 Å². The van der Waals surface area contributed by atoms with Crippen molar-refractivity contribution < 1.29 is 9.47 Å². The molecule has 0 heterocycles. The zero-order valence-corrected chi connectivity index (χ0v) is 16.5. The van der Waals surface area contributed by atoms with E-state index < -0.39 is 0 Å². The van der Waals surface area contributed by atoms with Gasteiger partial charge in [0.05, 0.1) is 20.8 Å². The van der Waals surface area contributed by atoms with Crippen molar-refractivity contribution in [2.24, 2.45) is 10.7 Å². The van der Waals surface area contributed by atoms with E-state index in [-0.39, 0.29) is 0 Å². The second-order valence-electron chi connectivity index (χ2n) is 5.30. The summed E-state index contributed by atoms with van der Waals surface area (Å²) in [6.07, 6.45) is 0.785. The molecule has 0 atom stereocenters. The predicted molar refractivity (Wildman–Crippen MR) is 106 cm³/mol. The van der Waals surface area contributed by atoms with Crippen LogP contribution in [0, 0.1) is 0 Å². The van der Waals surface area contributed by atoms with Gasteiger partial charge in [0.2, 0.25) is 0 Å². The summed E-state index contributed by atoms with van der Waals surface area (Å²) in [4.78, 5) is 4.35. The van der Waals surface area contributed by atoms with Crippen LogP contribution in [0.25, 0.3) is 0 Å². The molecule has 0 radical (unpaired) electrons. The van der Waals surface area contributed by atoms with Gasteiger partial charge in [0, 0.05) is 16.0 Å². The summed E-state index contributed by atoms with van der Waals surface area (Å²) < 4.78 is 11.5. The standard InChI is InChI=1S/C18H21BrClN3O2/c1-24-16-6-3-12(9-17(16)25-2)11-23-18(21)22-8-7-13-10-14(20)4-5-15(13)19/h3-6,9-10H,7-8,11H2,1-2H3,(H3,21,22,23). The first kappa shape index (κ1) is 19.4. The summed E-state index contributed by atoms with van der Waals surface area (Å²) >= 11 is 9.53. The van der Waals surface area contributed by atoms with Gasteiger partial charge in [-0.2, -0.15) is 0 Å². The Bertz CT molecular complexity index is 753. The van der Waals surface area contributed by atoms with E-state index in [1.807, 2.05) is 36.4 Å². The average molecular weight is 427 g/mol. The van der Waals surface area contributed by atoms with E-state index in [0.717, 1.165) is 22.0 Å². The zero-order chi connectivity index (χ0) is 18.2. The van der Waals surface area contributed by atoms with E-state index in [2.05, 4.69) is 26.2 Å². The fraction of sp³-hybridized carbons (Fsp3) is 0.278. The summed E-state index contributed by atoms with van der Waals surface area (Å²) in [6, 6.07) is 11.4. The number of guanidine groups is 1. The molecule has 0 aliphatic heterocycles. The van der Waals surface area contributed by atoms with Gasteiger partial charge in [-0.3, -0.25) is 0 Å². The van der Waals surface area contributed by atoms with Crippen LogP contribution < -0.4 is 20.5 Å². The predicted octanol–water partition coefficient (Wildman–Crippen LogP) is 3.77. The third-order valence-electron chi connectivity index (χ3n) is 3.59. The number of methoxy groups -OCH3 is 2. The maximum atomic E-state index is 6.01. The number of benzene rings is 2. The summed E-state index contributed by atoms with van der Waals surface area (Å²) in [6.45, 7) is 1.13. The summed E-state index contributed by atoms with van der Waals surface area (Å²) in [7, 11) is 3.21. The van der Waals surface area contributed by atoms with Crippen molar-refractivity contribution in [1.29, 1.82) is 0 Å². The first-order chi connectivity index (χ1) is 12.0. The van der Waals surface area contributed by atoms with Crippen LogP contribution in [0.5, 0.6) is 11.5 Å². The highest BCUT2D eigenvalue weighted by Crippen LogP contribution is 2.27. The molecule has 5 nitrogen and oxygen atoms in total. The Kier molecular flexibility index (Phi) is 7.40. The molecular weight excluding hydrogens is 406 g/mol. The van der Waals surface area contributed by atoms with Gasteiger partial charge in [-0.05, 0) is 47.9 Å². The number of aliphatic imine (C=N–C) groups is 1. The van der Waals surface area contributed by atoms with Crippen LogP contribution in [-0.2, 0) is 13.0 Å². The summed E-state index contributed by atoms with van der Waals surface area (Å²) in [5, 5.41) is 3.82. The van der Waals surface area contributed by atoms with E-state index in [1.54, 1.807) is 14.2 Å². The molecule has 0 saturated heterocycles. The molecule has 2 aromatic carbocycles. The summed E-state index contributed by atoms with van der Waals surface area (Å²) in [5.41, 5.74) is 8.03. The second-order valence-corrected chi connectivity index (χ2v) is 6.59. The molecule has 0 spiro atoms. The van der Waals surface area contributed by atoms with Crippen LogP contribution in [0.2, 0.25) is 5.02 Å². The highest BCUT2D eigenvalue weighted by atomic mass is 79.9. The van der Waals surface area contributed by atoms with Crippen LogP contribution >= 0.6 is 27.5 Å². The minimum Gasteiger partial charge on any atom is -0.493 e. The molecule has 3 N–H and O–H groups in total. The molecule has 2 rings (SSSR count). The van der Waals surface area contributed by atoms with Gasteiger partial charge in [0.1, 0.15) is 0 Å². The number of nitrogens with one attached hydrogen (secondary N) is 1. The van der Waals surface area contributed by atoms with Crippen molar-refractivity contribution in [2.75, 3.05) is 20.8 Å². The Labute approximate surface area is 161 Å². The van der Waals surface area contributed by atoms with Crippen molar-refractivity contribution >= 4 is 33.5 Å². The molecule has 134 valence electrons. The highest BCUT2D eigenvalue weighted by molar-refractivity contribution is 9.10. The van der Waals surface area contributed by atoms with Gasteiger partial charge in [-0.25, -0.2) is 4.99 Å². The smallest absolute Gasteiger partial charge is 0.188 e. The Morgan fingerprint density at radius 2 is 1.92 bits per heavy atom. The Morgan fingerprint density at radius 1 is 1.16 bits per heavy atom. The lowest BCUT2D eigenvalue weighted by molar-refractivity contribution is 0.354. The lowest BCUT2D eigenvalue weighted by Crippen LogP contribution is -2.33. The lowest BCUT2D eigenvalue weighted by Gasteiger charge is -2.09. The van der Waals surface area contributed by atoms with E-state index in [4.69, 9.17) is 26.8 Å². The SMILES string of the molecule is COc1ccc(CN=C(N)NCCc2cc(Cl)ccc2Br)cc1OC. The maximum absolute atomic E-state index is 6.01. The molecule has 0 aromatic heterocycles. The molecular formula is C18H21BrClN3O2. The number of nitrogens with two attached hydrogens (primary N) is 1. The van der Waals surface area contributed by atoms with E-state index >= 15 is 0 Å². The molecule has 0 saturated carbocycles. The molecule has 0 aliphatic carbocycles. The number of halogens is 2. The molecule has 25 heavy (non-hydrogen) atoms. The minimum absolute atomic E-state index is 0.396. The Morgan fingerprint density at radius 3 is 2.64 bits per heavy atom. The van der Waals surface area contributed by atoms with Gasteiger partial charge in [0.15, 0.2) is 17.5 Å². The third kappa shape index (κ3) is 5.83. The lowest BCUT2D eigenvalue weighted by atomic mass is 10.1. The van der Waals surface area contributed by atoms with Crippen LogP contribution in [0.3, 0.4) is 0 Å². The Balaban J connectivity index is 1.88. The van der Waals surface area contributed by atoms with E-state index in [0.29, 0.717) is 35.6 Å². The van der Waals surface area contributed by atoms with Crippen LogP contribution in [-0.4, -0.2) is 26.7 Å². The van der Waals surface area contributed by atoms with Crippen LogP contribution in [0.4, 0.5) is 0 Å². The number of nitrogens with zero attached hydrogens (tertiary/aromatic N) is 1. The number of ether oxygens (including phenoxy) is 2. The first-order valence-corrected chi connectivity index (χ1v) is 8.89.